The summed E-state index contributed by atoms with van der Waals surface area (Å²) in [5, 5.41) is 26.6. The number of tetrazole rings is 1. The topological polar surface area (TPSA) is 180 Å². The molecule has 6 rings (SSSR count). The number of carbonyl (C=O) groups excluding carboxylic acids is 3. The fourth-order valence-electron chi connectivity index (χ4n) is 6.76. The maximum absolute atomic E-state index is 13.7. The number of carbonyl (C=O) groups is 3. The van der Waals surface area contributed by atoms with Gasteiger partial charge in [0.05, 0.1) is 0 Å². The zero-order valence-electron chi connectivity index (χ0n) is 28.3. The average molecular weight is 700 g/mol. The van der Waals surface area contributed by atoms with Crippen molar-refractivity contribution >= 4 is 35.8 Å². The molecule has 264 valence electrons. The predicted molar refractivity (Wildman–Crippen MR) is 196 cm³/mol. The van der Waals surface area contributed by atoms with Gasteiger partial charge in [0, 0.05) is 35.2 Å². The molecule has 12 nitrogen and oxygen atoms in total. The van der Waals surface area contributed by atoms with Crippen molar-refractivity contribution in [2.45, 2.75) is 64.0 Å². The van der Waals surface area contributed by atoms with Gasteiger partial charge < -0.3 is 27.0 Å². The number of hydrogen-bond donors (Lipinski definition) is 6. The summed E-state index contributed by atoms with van der Waals surface area (Å²) in [4.78, 5) is 40.2. The molecular weight excluding hydrogens is 654 g/mol. The molecule has 1 aliphatic heterocycles. The summed E-state index contributed by atoms with van der Waals surface area (Å²) in [5.41, 5.74) is 11.7. The van der Waals surface area contributed by atoms with Crippen molar-refractivity contribution in [3.05, 3.63) is 83.4 Å². The number of nitrogens with one attached hydrogen (secondary N) is 5. The second-order valence-corrected chi connectivity index (χ2v) is 13.3. The summed E-state index contributed by atoms with van der Waals surface area (Å²) < 4.78 is 0. The number of nitrogens with two attached hydrogens (primary N) is 1. The molecule has 50 heavy (non-hydrogen) atoms. The van der Waals surface area contributed by atoms with Crippen LogP contribution in [0.2, 0.25) is 0 Å². The van der Waals surface area contributed by atoms with Crippen molar-refractivity contribution in [1.82, 2.24) is 36.6 Å². The van der Waals surface area contributed by atoms with Crippen molar-refractivity contribution in [2.24, 2.45) is 17.6 Å². The van der Waals surface area contributed by atoms with Gasteiger partial charge in [-0.05, 0) is 135 Å². The Kier molecular flexibility index (Phi) is 12.7. The SMILES string of the molecule is Cc1cc(C(=O)NC2CCNCC2)cc(-c2ccc(C[C@H](NC(=O)C3CCC(CN)CC3)C(=O)Nc3ccc(-c4nn[nH]n4)cc3)cc2)c1.Cl. The third kappa shape index (κ3) is 9.52. The quantitative estimate of drug-likeness (QED) is 0.135. The highest BCUT2D eigenvalue weighted by Crippen LogP contribution is 2.29. The normalized spacial score (nSPS) is 18.4. The van der Waals surface area contributed by atoms with Crippen molar-refractivity contribution < 1.29 is 14.4 Å². The van der Waals surface area contributed by atoms with Gasteiger partial charge in [-0.25, -0.2) is 0 Å². The number of H-pyrrole nitrogens is 1. The molecule has 2 heterocycles. The lowest BCUT2D eigenvalue weighted by Gasteiger charge is -2.28. The first-order valence-corrected chi connectivity index (χ1v) is 17.2. The van der Waals surface area contributed by atoms with E-state index in [0.717, 1.165) is 79.4 Å². The lowest BCUT2D eigenvalue weighted by molar-refractivity contribution is -0.130. The maximum atomic E-state index is 13.7. The van der Waals surface area contributed by atoms with Crippen LogP contribution in [0.3, 0.4) is 0 Å². The summed E-state index contributed by atoms with van der Waals surface area (Å²) in [5.74, 6) is 0.304. The zero-order chi connectivity index (χ0) is 34.2. The third-order valence-electron chi connectivity index (χ3n) is 9.68. The monoisotopic (exact) mass is 699 g/mol. The molecular formula is C37H46ClN9O3. The molecule has 1 aromatic heterocycles. The highest BCUT2D eigenvalue weighted by Gasteiger charge is 2.29. The molecule has 1 atom stereocenters. The Balaban J connectivity index is 0.00000486. The zero-order valence-corrected chi connectivity index (χ0v) is 29.1. The predicted octanol–water partition coefficient (Wildman–Crippen LogP) is 4.18. The molecule has 3 aromatic carbocycles. The van der Waals surface area contributed by atoms with Gasteiger partial charge in [-0.1, -0.05) is 30.3 Å². The van der Waals surface area contributed by atoms with E-state index in [2.05, 4.69) is 48.0 Å². The van der Waals surface area contributed by atoms with E-state index in [-0.39, 0.29) is 42.1 Å². The van der Waals surface area contributed by atoms with Crippen LogP contribution in [0.4, 0.5) is 5.69 Å². The van der Waals surface area contributed by atoms with E-state index in [0.29, 0.717) is 36.0 Å². The van der Waals surface area contributed by atoms with Gasteiger partial charge in [-0.15, -0.1) is 22.6 Å². The summed E-state index contributed by atoms with van der Waals surface area (Å²) >= 11 is 0. The number of benzene rings is 3. The van der Waals surface area contributed by atoms with E-state index in [4.69, 9.17) is 5.73 Å². The maximum Gasteiger partial charge on any atom is 0.251 e. The molecule has 3 amide bonds. The van der Waals surface area contributed by atoms with Gasteiger partial charge >= 0.3 is 0 Å². The fraction of sp³-hybridized carbons (Fsp3) is 0.405. The number of aromatic nitrogens is 4. The Morgan fingerprint density at radius 2 is 1.58 bits per heavy atom. The van der Waals surface area contributed by atoms with Crippen LogP contribution < -0.4 is 27.0 Å². The van der Waals surface area contributed by atoms with E-state index < -0.39 is 6.04 Å². The Morgan fingerprint density at radius 1 is 0.880 bits per heavy atom. The molecule has 2 fully saturated rings. The van der Waals surface area contributed by atoms with E-state index in [1.165, 1.54) is 0 Å². The van der Waals surface area contributed by atoms with Crippen LogP contribution in [0.1, 0.15) is 60.0 Å². The summed E-state index contributed by atoms with van der Waals surface area (Å²) in [6, 6.07) is 20.4. The second kappa shape index (κ2) is 17.3. The number of hydrogen-bond acceptors (Lipinski definition) is 8. The Morgan fingerprint density at radius 3 is 2.24 bits per heavy atom. The fourth-order valence-corrected chi connectivity index (χ4v) is 6.76. The molecule has 1 saturated heterocycles. The van der Waals surface area contributed by atoms with Gasteiger partial charge in [0.15, 0.2) is 0 Å². The minimum Gasteiger partial charge on any atom is -0.349 e. The molecule has 0 radical (unpaired) electrons. The molecule has 2 aliphatic rings. The van der Waals surface area contributed by atoms with Crippen LogP contribution in [0.5, 0.6) is 0 Å². The number of nitrogens with zero attached hydrogens (tertiary/aromatic N) is 3. The van der Waals surface area contributed by atoms with Gasteiger partial charge in [-0.2, -0.15) is 5.21 Å². The third-order valence-corrected chi connectivity index (χ3v) is 9.68. The van der Waals surface area contributed by atoms with Crippen LogP contribution in [0.25, 0.3) is 22.5 Å². The van der Waals surface area contributed by atoms with Crippen LogP contribution in [0.15, 0.2) is 66.7 Å². The molecule has 0 unspecified atom stereocenters. The first kappa shape index (κ1) is 36.6. The number of halogens is 1. The van der Waals surface area contributed by atoms with E-state index in [1.54, 1.807) is 24.3 Å². The number of anilines is 1. The molecule has 7 N–H and O–H groups in total. The van der Waals surface area contributed by atoms with E-state index in [1.807, 2.05) is 43.3 Å². The highest BCUT2D eigenvalue weighted by molar-refractivity contribution is 5.98. The summed E-state index contributed by atoms with van der Waals surface area (Å²) in [7, 11) is 0. The molecule has 1 aliphatic carbocycles. The van der Waals surface area contributed by atoms with E-state index in [9.17, 15) is 14.4 Å². The molecule has 13 heteroatoms. The number of amides is 3. The second-order valence-electron chi connectivity index (χ2n) is 13.3. The number of piperidine rings is 1. The minimum absolute atomic E-state index is 0. The van der Waals surface area contributed by atoms with E-state index >= 15 is 0 Å². The number of aryl methyl sites for hydroxylation is 1. The Labute approximate surface area is 298 Å². The van der Waals surface area contributed by atoms with Crippen LogP contribution in [-0.4, -0.2) is 70.1 Å². The largest absolute Gasteiger partial charge is 0.349 e. The van der Waals surface area contributed by atoms with Crippen LogP contribution >= 0.6 is 12.4 Å². The van der Waals surface area contributed by atoms with Crippen molar-refractivity contribution in [1.29, 1.82) is 0 Å². The lowest BCUT2D eigenvalue weighted by atomic mass is 9.81. The highest BCUT2D eigenvalue weighted by atomic mass is 35.5. The molecule has 0 bridgehead atoms. The Hall–Kier alpha value is -4.65. The van der Waals surface area contributed by atoms with Gasteiger partial charge in [0.2, 0.25) is 17.6 Å². The lowest BCUT2D eigenvalue weighted by Crippen LogP contribution is -2.48. The molecule has 1 saturated carbocycles. The van der Waals surface area contributed by atoms with Crippen molar-refractivity contribution in [2.75, 3.05) is 25.0 Å². The minimum atomic E-state index is -0.785. The van der Waals surface area contributed by atoms with Crippen LogP contribution in [0, 0.1) is 18.8 Å². The standard InChI is InChI=1S/C37H45N9O3.ClH/c1-23-18-29(21-30(19-23)36(48)40-32-14-16-39-17-15-32)26-6-2-24(3-7-26)20-33(42-35(47)28-8-4-25(22-38)5-9-28)37(49)41-31-12-10-27(11-13-31)34-43-45-46-44-34;/h2-3,6-7,10-13,18-19,21,25,28,32-33,39H,4-5,8-9,14-17,20,22,38H2,1H3,(H,40,48)(H,41,49)(H,42,47)(H,43,44,45,46);1H/t25?,28?,33-;/m0./s1. The smallest absolute Gasteiger partial charge is 0.251 e. The molecule has 4 aromatic rings. The summed E-state index contributed by atoms with van der Waals surface area (Å²) in [6.07, 6.45) is 5.53. The Bertz CT molecular complexity index is 1720. The summed E-state index contributed by atoms with van der Waals surface area (Å²) in [6.45, 7) is 4.45. The number of aromatic amines is 1. The van der Waals surface area contributed by atoms with Gasteiger partial charge in [0.1, 0.15) is 6.04 Å². The van der Waals surface area contributed by atoms with Gasteiger partial charge in [-0.3, -0.25) is 14.4 Å². The van der Waals surface area contributed by atoms with Gasteiger partial charge in [0.25, 0.3) is 5.91 Å². The first-order valence-electron chi connectivity index (χ1n) is 17.2. The average Bonchev–Trinajstić information content (AvgIpc) is 3.67. The number of rotatable bonds is 11. The van der Waals surface area contributed by atoms with Crippen molar-refractivity contribution in [3.8, 4) is 22.5 Å². The van der Waals surface area contributed by atoms with Crippen LogP contribution in [-0.2, 0) is 16.0 Å². The van der Waals surface area contributed by atoms with Crippen molar-refractivity contribution in [3.63, 3.8) is 0 Å². The first-order chi connectivity index (χ1) is 23.8. The molecule has 0 spiro atoms.